The molecule has 160 valence electrons. The van der Waals surface area contributed by atoms with E-state index in [4.69, 9.17) is 5.48 Å². The summed E-state index contributed by atoms with van der Waals surface area (Å²) in [5, 5.41) is 0. The third-order valence-electron chi connectivity index (χ3n) is 6.13. The van der Waals surface area contributed by atoms with Crippen molar-refractivity contribution < 1.29 is 9.87 Å². The van der Waals surface area contributed by atoms with Crippen LogP contribution in [0.4, 0.5) is 4.39 Å². The second-order valence-corrected chi connectivity index (χ2v) is 8.77. The molecular weight excluding hydrogens is 373 g/mol. The molecule has 0 fully saturated rings. The first-order valence-electron chi connectivity index (χ1n) is 12.9. The average molecular weight is 412 g/mol. The van der Waals surface area contributed by atoms with E-state index in [1.807, 2.05) is 45.2 Å². The second-order valence-electron chi connectivity index (χ2n) is 8.77. The molecule has 2 atom stereocenters. The molecule has 1 unspecified atom stereocenters. The van der Waals surface area contributed by atoms with Gasteiger partial charge in [-0.05, 0) is 98.9 Å². The molecule has 0 radical (unpaired) electrons. The summed E-state index contributed by atoms with van der Waals surface area (Å²) in [5.41, 5.74) is 2.92. The molecule has 0 saturated heterocycles. The summed E-state index contributed by atoms with van der Waals surface area (Å²) in [6, 6.07) is 12.2. The van der Waals surface area contributed by atoms with Crippen molar-refractivity contribution in [1.29, 1.82) is 0 Å². The number of aryl methyl sites for hydroxylation is 2. The highest BCUT2D eigenvalue weighted by Gasteiger charge is 2.31. The van der Waals surface area contributed by atoms with Crippen molar-refractivity contribution in [3.8, 4) is 0 Å². The monoisotopic (exact) mass is 411 g/mol. The average Bonchev–Trinajstić information content (AvgIpc) is 3.18. The standard InChI is InChI=1S/C26H34FN3/c1-18(2)26-19(10-11-20-17-21(27)12-13-22(20)26)14-16-30(3)15-6-9-25-28-23-7-4-5-8-24(23)29-25/h4-5,7-8,12-13,17-19,26H,6,9-11,14-16H2,1-3H3,(H,28,29)/t19?,26-/m1/s1/i10D2,11D2. The Hall–Kier alpha value is -2.20. The Balaban J connectivity index is 1.43. The molecule has 1 N–H and O–H groups in total. The van der Waals surface area contributed by atoms with E-state index >= 15 is 0 Å². The highest BCUT2D eigenvalue weighted by atomic mass is 19.1. The lowest BCUT2D eigenvalue weighted by Gasteiger charge is -2.37. The van der Waals surface area contributed by atoms with Crippen molar-refractivity contribution in [2.75, 3.05) is 20.1 Å². The lowest BCUT2D eigenvalue weighted by atomic mass is 9.69. The van der Waals surface area contributed by atoms with Crippen LogP contribution in [-0.4, -0.2) is 35.0 Å². The Labute approximate surface area is 185 Å². The molecule has 0 saturated carbocycles. The van der Waals surface area contributed by atoms with E-state index in [0.717, 1.165) is 41.8 Å². The second kappa shape index (κ2) is 9.30. The maximum Gasteiger partial charge on any atom is 0.123 e. The van der Waals surface area contributed by atoms with Crippen LogP contribution in [0.3, 0.4) is 0 Å². The highest BCUT2D eigenvalue weighted by molar-refractivity contribution is 5.74. The van der Waals surface area contributed by atoms with E-state index in [2.05, 4.69) is 14.9 Å². The third-order valence-corrected chi connectivity index (χ3v) is 6.13. The molecule has 1 aliphatic carbocycles. The third kappa shape index (κ3) is 4.75. The molecule has 1 aromatic heterocycles. The summed E-state index contributed by atoms with van der Waals surface area (Å²) in [6.07, 6.45) is -2.06. The van der Waals surface area contributed by atoms with Gasteiger partial charge < -0.3 is 9.88 Å². The number of nitrogens with zero attached hydrogens (tertiary/aromatic N) is 2. The fraction of sp³-hybridized carbons (Fsp3) is 0.500. The van der Waals surface area contributed by atoms with Crippen molar-refractivity contribution >= 4 is 11.0 Å². The molecule has 1 aliphatic rings. The molecule has 2 aromatic carbocycles. The Morgan fingerprint density at radius 2 is 2.07 bits per heavy atom. The van der Waals surface area contributed by atoms with Gasteiger partial charge in [-0.15, -0.1) is 0 Å². The van der Waals surface area contributed by atoms with Crippen LogP contribution in [0.5, 0.6) is 0 Å². The van der Waals surface area contributed by atoms with Crippen molar-refractivity contribution in [2.24, 2.45) is 11.8 Å². The van der Waals surface area contributed by atoms with Crippen LogP contribution in [0.25, 0.3) is 11.0 Å². The number of para-hydroxylation sites is 2. The van der Waals surface area contributed by atoms with Gasteiger partial charge in [-0.2, -0.15) is 0 Å². The van der Waals surface area contributed by atoms with Crippen LogP contribution in [0.15, 0.2) is 42.5 Å². The zero-order valence-corrected chi connectivity index (χ0v) is 18.1. The Bertz CT molecular complexity index is 1110. The molecule has 0 spiro atoms. The summed E-state index contributed by atoms with van der Waals surface area (Å²) in [4.78, 5) is 10.2. The number of H-pyrrole nitrogens is 1. The predicted octanol–water partition coefficient (Wildman–Crippen LogP) is 5.96. The van der Waals surface area contributed by atoms with Crippen LogP contribution in [-0.2, 0) is 12.8 Å². The van der Waals surface area contributed by atoms with E-state index in [0.29, 0.717) is 13.0 Å². The molecular formula is C26H34FN3. The van der Waals surface area contributed by atoms with Gasteiger partial charge in [-0.3, -0.25) is 0 Å². The van der Waals surface area contributed by atoms with E-state index in [1.54, 1.807) is 6.07 Å². The number of hydrogen-bond donors (Lipinski definition) is 1. The number of aromatic amines is 1. The Morgan fingerprint density at radius 3 is 2.87 bits per heavy atom. The molecule has 0 aliphatic heterocycles. The quantitative estimate of drug-likeness (QED) is 0.496. The van der Waals surface area contributed by atoms with E-state index < -0.39 is 24.5 Å². The van der Waals surface area contributed by atoms with E-state index in [-0.39, 0.29) is 17.4 Å². The van der Waals surface area contributed by atoms with Gasteiger partial charge >= 0.3 is 0 Å². The van der Waals surface area contributed by atoms with Gasteiger partial charge in [0.2, 0.25) is 0 Å². The summed E-state index contributed by atoms with van der Waals surface area (Å²) in [5.74, 6) is -0.117. The van der Waals surface area contributed by atoms with E-state index in [1.165, 1.54) is 12.1 Å². The van der Waals surface area contributed by atoms with Gasteiger partial charge in [0, 0.05) is 11.9 Å². The van der Waals surface area contributed by atoms with Gasteiger partial charge in [-0.25, -0.2) is 9.37 Å². The molecule has 1 heterocycles. The minimum absolute atomic E-state index is 0.110. The molecule has 3 nitrogen and oxygen atoms in total. The lowest BCUT2D eigenvalue weighted by molar-refractivity contribution is 0.238. The van der Waals surface area contributed by atoms with Gasteiger partial charge in [0.25, 0.3) is 0 Å². The largest absolute Gasteiger partial charge is 0.342 e. The first-order valence-corrected chi connectivity index (χ1v) is 10.9. The van der Waals surface area contributed by atoms with Gasteiger partial charge in [-0.1, -0.05) is 32.0 Å². The maximum atomic E-state index is 14.0. The van der Waals surface area contributed by atoms with Crippen molar-refractivity contribution in [3.05, 3.63) is 65.2 Å². The van der Waals surface area contributed by atoms with E-state index in [9.17, 15) is 4.39 Å². The molecule has 0 amide bonds. The number of hydrogen-bond acceptors (Lipinski definition) is 2. The minimum Gasteiger partial charge on any atom is -0.342 e. The van der Waals surface area contributed by atoms with Crippen LogP contribution in [0, 0.1) is 17.7 Å². The minimum atomic E-state index is -2.25. The zero-order valence-electron chi connectivity index (χ0n) is 22.1. The first-order chi connectivity index (χ1) is 16.0. The fourth-order valence-electron chi connectivity index (χ4n) is 4.59. The lowest BCUT2D eigenvalue weighted by Crippen LogP contribution is -2.29. The van der Waals surface area contributed by atoms with Crippen molar-refractivity contribution in [2.45, 2.75) is 51.8 Å². The Morgan fingerprint density at radius 1 is 1.23 bits per heavy atom. The molecule has 30 heavy (non-hydrogen) atoms. The molecule has 3 aromatic rings. The topological polar surface area (TPSA) is 31.9 Å². The summed E-state index contributed by atoms with van der Waals surface area (Å²) >= 11 is 0. The summed E-state index contributed by atoms with van der Waals surface area (Å²) in [6.45, 7) is 5.59. The molecule has 4 heteroatoms. The van der Waals surface area contributed by atoms with Gasteiger partial charge in [0.1, 0.15) is 11.6 Å². The Kier molecular flexibility index (Phi) is 5.11. The number of imidazole rings is 1. The van der Waals surface area contributed by atoms with Crippen molar-refractivity contribution in [3.63, 3.8) is 0 Å². The number of rotatable bonds is 8. The number of halogens is 1. The summed E-state index contributed by atoms with van der Waals surface area (Å²) < 4.78 is 48.8. The first kappa shape index (κ1) is 16.5. The molecule has 4 rings (SSSR count). The van der Waals surface area contributed by atoms with Gasteiger partial charge in [0.15, 0.2) is 0 Å². The molecule has 0 bridgehead atoms. The number of nitrogens with one attached hydrogen (secondary N) is 1. The van der Waals surface area contributed by atoms with Crippen LogP contribution >= 0.6 is 0 Å². The number of benzene rings is 2. The van der Waals surface area contributed by atoms with Gasteiger partial charge in [0.05, 0.1) is 11.0 Å². The predicted molar refractivity (Wildman–Crippen MR) is 122 cm³/mol. The zero-order chi connectivity index (χ0) is 24.7. The smallest absolute Gasteiger partial charge is 0.123 e. The normalized spacial score (nSPS) is 24.3. The van der Waals surface area contributed by atoms with Crippen LogP contribution in [0.2, 0.25) is 0 Å². The SMILES string of the molecule is [2H]C1([2H])c2cc(F)ccc2[C@H](C(C)C)C(CCN(C)CCCc2nc3ccccc3[nH]2)C1([2H])[2H]. The van der Waals surface area contributed by atoms with Crippen molar-refractivity contribution in [1.82, 2.24) is 14.9 Å². The maximum absolute atomic E-state index is 14.0. The fourth-order valence-corrected chi connectivity index (χ4v) is 4.59. The number of aromatic nitrogens is 2. The summed E-state index contributed by atoms with van der Waals surface area (Å²) in [7, 11) is 2.03. The van der Waals surface area contributed by atoms with Crippen LogP contribution in [0.1, 0.15) is 61.4 Å². The highest BCUT2D eigenvalue weighted by Crippen LogP contribution is 2.42. The number of fused-ring (bicyclic) bond motifs is 2. The van der Waals surface area contributed by atoms with Crippen LogP contribution < -0.4 is 0 Å².